The maximum Gasteiger partial charge on any atom is 0.303 e. The minimum atomic E-state index is -0.744. The molecule has 21 heavy (non-hydrogen) atoms. The molecule has 122 valence electrons. The Morgan fingerprint density at radius 1 is 1.33 bits per heavy atom. The van der Waals surface area contributed by atoms with Crippen molar-refractivity contribution in [3.8, 4) is 0 Å². The number of hydrogen-bond donors (Lipinski definition) is 2. The monoisotopic (exact) mass is 298 g/mol. The highest BCUT2D eigenvalue weighted by Crippen LogP contribution is 2.23. The van der Waals surface area contributed by atoms with E-state index >= 15 is 0 Å². The second-order valence-corrected chi connectivity index (χ2v) is 6.17. The van der Waals surface area contributed by atoms with Crippen molar-refractivity contribution in [1.29, 1.82) is 0 Å². The van der Waals surface area contributed by atoms with Gasteiger partial charge in [0.1, 0.15) is 0 Å². The highest BCUT2D eigenvalue weighted by molar-refractivity contribution is 5.76. The van der Waals surface area contributed by atoms with E-state index in [9.17, 15) is 9.59 Å². The zero-order valence-electron chi connectivity index (χ0n) is 13.2. The molecule has 1 aliphatic rings. The van der Waals surface area contributed by atoms with Gasteiger partial charge >= 0.3 is 5.97 Å². The van der Waals surface area contributed by atoms with Crippen LogP contribution >= 0.6 is 0 Å². The average molecular weight is 298 g/mol. The SMILES string of the molecule is CCC(CCN)CCC(=O)N1CCCC(CCC(=O)O)C1. The predicted molar refractivity (Wildman–Crippen MR) is 82.9 cm³/mol. The van der Waals surface area contributed by atoms with Crippen LogP contribution in [0.4, 0.5) is 0 Å². The van der Waals surface area contributed by atoms with Gasteiger partial charge in [-0.1, -0.05) is 13.3 Å². The lowest BCUT2D eigenvalue weighted by molar-refractivity contribution is -0.137. The fourth-order valence-corrected chi connectivity index (χ4v) is 3.13. The first-order valence-corrected chi connectivity index (χ1v) is 8.26. The molecule has 0 radical (unpaired) electrons. The summed E-state index contributed by atoms with van der Waals surface area (Å²) in [6.45, 7) is 4.40. The largest absolute Gasteiger partial charge is 0.481 e. The van der Waals surface area contributed by atoms with Crippen molar-refractivity contribution in [3.63, 3.8) is 0 Å². The third-order valence-electron chi connectivity index (χ3n) is 4.56. The van der Waals surface area contributed by atoms with Crippen molar-refractivity contribution < 1.29 is 14.7 Å². The lowest BCUT2D eigenvalue weighted by atomic mass is 9.92. The minimum Gasteiger partial charge on any atom is -0.481 e. The zero-order chi connectivity index (χ0) is 15.7. The normalized spacial score (nSPS) is 20.3. The van der Waals surface area contributed by atoms with Gasteiger partial charge in [0.15, 0.2) is 0 Å². The van der Waals surface area contributed by atoms with Gasteiger partial charge in [-0.3, -0.25) is 9.59 Å². The number of aliphatic carboxylic acids is 1. The van der Waals surface area contributed by atoms with Gasteiger partial charge in [-0.05, 0) is 50.5 Å². The Hall–Kier alpha value is -1.10. The fraction of sp³-hybridized carbons (Fsp3) is 0.875. The first kappa shape index (κ1) is 18.0. The number of amides is 1. The van der Waals surface area contributed by atoms with Crippen LogP contribution in [0.15, 0.2) is 0 Å². The van der Waals surface area contributed by atoms with Crippen molar-refractivity contribution in [2.45, 2.75) is 58.3 Å². The number of carbonyl (C=O) groups is 2. The maximum absolute atomic E-state index is 12.3. The molecule has 2 atom stereocenters. The van der Waals surface area contributed by atoms with Crippen LogP contribution in [0.25, 0.3) is 0 Å². The van der Waals surface area contributed by atoms with Crippen molar-refractivity contribution in [2.24, 2.45) is 17.6 Å². The number of likely N-dealkylation sites (tertiary alicyclic amines) is 1. The first-order chi connectivity index (χ1) is 10.1. The molecule has 0 aromatic heterocycles. The number of rotatable bonds is 9. The number of carboxylic acids is 1. The molecule has 0 saturated carbocycles. The predicted octanol–water partition coefficient (Wildman–Crippen LogP) is 2.25. The zero-order valence-corrected chi connectivity index (χ0v) is 13.2. The molecule has 2 unspecified atom stereocenters. The number of nitrogens with two attached hydrogens (primary N) is 1. The third-order valence-corrected chi connectivity index (χ3v) is 4.56. The summed E-state index contributed by atoms with van der Waals surface area (Å²) in [5, 5.41) is 8.75. The van der Waals surface area contributed by atoms with Crippen LogP contribution in [0.1, 0.15) is 58.3 Å². The molecule has 5 nitrogen and oxygen atoms in total. The molecule has 0 aromatic rings. The molecule has 1 aliphatic heterocycles. The van der Waals surface area contributed by atoms with E-state index < -0.39 is 5.97 Å². The topological polar surface area (TPSA) is 83.6 Å². The van der Waals surface area contributed by atoms with E-state index in [0.29, 0.717) is 31.2 Å². The number of piperidine rings is 1. The van der Waals surface area contributed by atoms with Gasteiger partial charge in [-0.2, -0.15) is 0 Å². The van der Waals surface area contributed by atoms with E-state index in [2.05, 4.69) is 6.92 Å². The maximum atomic E-state index is 12.3. The van der Waals surface area contributed by atoms with E-state index in [1.807, 2.05) is 4.90 Å². The van der Waals surface area contributed by atoms with Crippen molar-refractivity contribution >= 4 is 11.9 Å². The van der Waals surface area contributed by atoms with Gasteiger partial charge in [-0.25, -0.2) is 0 Å². The molecule has 0 aromatic carbocycles. The third kappa shape index (κ3) is 6.93. The molecule has 5 heteroatoms. The summed E-state index contributed by atoms with van der Waals surface area (Å²) < 4.78 is 0. The Bertz CT molecular complexity index is 333. The van der Waals surface area contributed by atoms with E-state index in [0.717, 1.165) is 45.2 Å². The Kier molecular flexibility index (Phi) is 8.35. The molecular weight excluding hydrogens is 268 g/mol. The standard InChI is InChI=1S/C16H30N2O3/c1-2-13(9-10-17)5-7-15(19)18-11-3-4-14(12-18)6-8-16(20)21/h13-14H,2-12,17H2,1H3,(H,20,21). The molecule has 1 rings (SSSR count). The van der Waals surface area contributed by atoms with E-state index in [-0.39, 0.29) is 12.3 Å². The second kappa shape index (κ2) is 9.77. The average Bonchev–Trinajstić information content (AvgIpc) is 2.49. The van der Waals surface area contributed by atoms with Crippen LogP contribution in [0.5, 0.6) is 0 Å². The van der Waals surface area contributed by atoms with Gasteiger partial charge in [0.05, 0.1) is 0 Å². The van der Waals surface area contributed by atoms with E-state index in [1.54, 1.807) is 0 Å². The lowest BCUT2D eigenvalue weighted by Gasteiger charge is -2.33. The summed E-state index contributed by atoms with van der Waals surface area (Å²) >= 11 is 0. The highest BCUT2D eigenvalue weighted by Gasteiger charge is 2.24. The summed E-state index contributed by atoms with van der Waals surface area (Å²) in [6, 6.07) is 0. The van der Waals surface area contributed by atoms with Crippen LogP contribution < -0.4 is 5.73 Å². The van der Waals surface area contributed by atoms with Gasteiger partial charge in [-0.15, -0.1) is 0 Å². The number of carbonyl (C=O) groups excluding carboxylic acids is 1. The van der Waals surface area contributed by atoms with Gasteiger partial charge < -0.3 is 15.7 Å². The summed E-state index contributed by atoms with van der Waals surface area (Å²) in [6.07, 6.45) is 6.52. The van der Waals surface area contributed by atoms with Crippen molar-refractivity contribution in [2.75, 3.05) is 19.6 Å². The Morgan fingerprint density at radius 3 is 2.71 bits per heavy atom. The summed E-state index contributed by atoms with van der Waals surface area (Å²) in [4.78, 5) is 24.9. The van der Waals surface area contributed by atoms with Crippen LogP contribution in [0, 0.1) is 11.8 Å². The van der Waals surface area contributed by atoms with Gasteiger partial charge in [0.2, 0.25) is 5.91 Å². The molecular formula is C16H30N2O3. The fourth-order valence-electron chi connectivity index (χ4n) is 3.13. The van der Waals surface area contributed by atoms with E-state index in [4.69, 9.17) is 10.8 Å². The smallest absolute Gasteiger partial charge is 0.303 e. The van der Waals surface area contributed by atoms with Crippen molar-refractivity contribution in [3.05, 3.63) is 0 Å². The van der Waals surface area contributed by atoms with Gasteiger partial charge in [0, 0.05) is 25.9 Å². The quantitative estimate of drug-likeness (QED) is 0.684. The Labute approximate surface area is 127 Å². The first-order valence-electron chi connectivity index (χ1n) is 8.26. The van der Waals surface area contributed by atoms with Gasteiger partial charge in [0.25, 0.3) is 0 Å². The number of hydrogen-bond acceptors (Lipinski definition) is 3. The summed E-state index contributed by atoms with van der Waals surface area (Å²) in [5.41, 5.74) is 5.59. The molecule has 3 N–H and O–H groups in total. The van der Waals surface area contributed by atoms with E-state index in [1.165, 1.54) is 0 Å². The Morgan fingerprint density at radius 2 is 2.10 bits per heavy atom. The molecule has 0 bridgehead atoms. The molecule has 1 heterocycles. The van der Waals surface area contributed by atoms with Crippen LogP contribution in [-0.4, -0.2) is 41.5 Å². The van der Waals surface area contributed by atoms with Crippen LogP contribution in [0.3, 0.4) is 0 Å². The number of carboxylic acid groups (broad SMARTS) is 1. The molecule has 1 saturated heterocycles. The molecule has 0 aliphatic carbocycles. The van der Waals surface area contributed by atoms with Crippen molar-refractivity contribution in [1.82, 2.24) is 4.90 Å². The summed E-state index contributed by atoms with van der Waals surface area (Å²) in [7, 11) is 0. The Balaban J connectivity index is 2.34. The second-order valence-electron chi connectivity index (χ2n) is 6.17. The molecule has 0 spiro atoms. The van der Waals surface area contributed by atoms with Crippen LogP contribution in [0.2, 0.25) is 0 Å². The summed E-state index contributed by atoms with van der Waals surface area (Å²) in [5.74, 6) is 0.382. The minimum absolute atomic E-state index is 0.209. The van der Waals surface area contributed by atoms with Crippen LogP contribution in [-0.2, 0) is 9.59 Å². The molecule has 1 fully saturated rings. The molecule has 1 amide bonds. The number of nitrogens with zero attached hydrogens (tertiary/aromatic N) is 1. The highest BCUT2D eigenvalue weighted by atomic mass is 16.4. The lowest BCUT2D eigenvalue weighted by Crippen LogP contribution is -2.40.